The second kappa shape index (κ2) is 9.43. The molecule has 5 aromatic rings. The van der Waals surface area contributed by atoms with Crippen LogP contribution in [0.3, 0.4) is 0 Å². The van der Waals surface area contributed by atoms with Crippen LogP contribution in [0.1, 0.15) is 25.3 Å². The minimum absolute atomic E-state index is 0.0631. The Balaban J connectivity index is 1.69. The van der Waals surface area contributed by atoms with Crippen molar-refractivity contribution < 1.29 is 4.74 Å². The highest BCUT2D eigenvalue weighted by Gasteiger charge is 2.20. The standard InChI is InChI=1S/C28H24N2O2S/c1-2-3-18-32-23-17-11-10-16-22(23)19-24-27(31)30-26(21-14-8-5-9-15-21)25(29-28(30)33-24)20-12-6-4-7-13-20/h4-17,19H,2-3,18H2,1H3. The first-order chi connectivity index (χ1) is 16.3. The fourth-order valence-corrected chi connectivity index (χ4v) is 4.82. The lowest BCUT2D eigenvalue weighted by Crippen LogP contribution is -2.23. The average molecular weight is 453 g/mol. The quantitative estimate of drug-likeness (QED) is 0.292. The number of aromatic nitrogens is 2. The van der Waals surface area contributed by atoms with Crippen LogP contribution in [0.5, 0.6) is 5.75 Å². The van der Waals surface area contributed by atoms with Gasteiger partial charge in [0, 0.05) is 16.7 Å². The Hall–Kier alpha value is -3.70. The molecule has 0 aliphatic heterocycles. The molecular weight excluding hydrogens is 428 g/mol. The molecule has 2 aromatic heterocycles. The molecule has 0 saturated carbocycles. The Bertz CT molecular complexity index is 1490. The van der Waals surface area contributed by atoms with E-state index in [2.05, 4.69) is 6.92 Å². The Kier molecular flexibility index (Phi) is 6.05. The zero-order chi connectivity index (χ0) is 22.6. The summed E-state index contributed by atoms with van der Waals surface area (Å²) in [4.78, 5) is 19.2. The van der Waals surface area contributed by atoms with Gasteiger partial charge in [-0.3, -0.25) is 4.79 Å². The summed E-state index contributed by atoms with van der Waals surface area (Å²) < 4.78 is 8.35. The van der Waals surface area contributed by atoms with E-state index in [-0.39, 0.29) is 5.56 Å². The van der Waals surface area contributed by atoms with Crippen LogP contribution in [0.4, 0.5) is 0 Å². The summed E-state index contributed by atoms with van der Waals surface area (Å²) in [5.41, 5.74) is 4.44. The minimum Gasteiger partial charge on any atom is -0.493 e. The van der Waals surface area contributed by atoms with Crippen LogP contribution in [0.15, 0.2) is 89.7 Å². The van der Waals surface area contributed by atoms with Gasteiger partial charge in [0.1, 0.15) is 5.75 Å². The number of benzene rings is 3. The third-order valence-corrected chi connectivity index (χ3v) is 6.49. The first kappa shape index (κ1) is 21.2. The first-order valence-electron chi connectivity index (χ1n) is 11.2. The molecule has 0 saturated heterocycles. The van der Waals surface area contributed by atoms with Gasteiger partial charge in [-0.1, -0.05) is 104 Å². The molecule has 164 valence electrons. The summed E-state index contributed by atoms with van der Waals surface area (Å²) in [6.07, 6.45) is 3.99. The molecule has 3 aromatic carbocycles. The van der Waals surface area contributed by atoms with E-state index < -0.39 is 0 Å². The van der Waals surface area contributed by atoms with Gasteiger partial charge in [0.15, 0.2) is 4.96 Å². The largest absolute Gasteiger partial charge is 0.493 e. The average Bonchev–Trinajstić information content (AvgIpc) is 3.38. The Morgan fingerprint density at radius 3 is 2.30 bits per heavy atom. The van der Waals surface area contributed by atoms with Gasteiger partial charge < -0.3 is 4.74 Å². The van der Waals surface area contributed by atoms with Crippen molar-refractivity contribution in [3.63, 3.8) is 0 Å². The fraction of sp³-hybridized carbons (Fsp3) is 0.143. The molecule has 0 atom stereocenters. The summed E-state index contributed by atoms with van der Waals surface area (Å²) in [5, 5.41) is 0. The lowest BCUT2D eigenvalue weighted by atomic mass is 10.1. The normalized spacial score (nSPS) is 11.8. The van der Waals surface area contributed by atoms with Crippen LogP contribution in [-0.4, -0.2) is 16.0 Å². The van der Waals surface area contributed by atoms with Crippen molar-refractivity contribution >= 4 is 22.4 Å². The SMILES string of the molecule is CCCCOc1ccccc1C=c1sc2nc(-c3ccccc3)c(-c3ccccc3)n2c1=O. The molecule has 4 nitrogen and oxygen atoms in total. The molecule has 0 spiro atoms. The lowest BCUT2D eigenvalue weighted by molar-refractivity contribution is 0.309. The molecule has 33 heavy (non-hydrogen) atoms. The summed E-state index contributed by atoms with van der Waals surface area (Å²) in [6.45, 7) is 2.80. The molecule has 0 N–H and O–H groups in total. The number of fused-ring (bicyclic) bond motifs is 1. The molecule has 0 bridgehead atoms. The van der Waals surface area contributed by atoms with Gasteiger partial charge in [0.05, 0.1) is 22.5 Å². The zero-order valence-electron chi connectivity index (χ0n) is 18.4. The molecule has 5 heteroatoms. The summed E-state index contributed by atoms with van der Waals surface area (Å²) in [5.74, 6) is 0.796. The van der Waals surface area contributed by atoms with E-state index >= 15 is 0 Å². The van der Waals surface area contributed by atoms with Crippen molar-refractivity contribution in [3.8, 4) is 28.3 Å². The predicted octanol–water partition coefficient (Wildman–Crippen LogP) is 5.82. The summed E-state index contributed by atoms with van der Waals surface area (Å²) >= 11 is 1.41. The summed E-state index contributed by atoms with van der Waals surface area (Å²) in [6, 6.07) is 27.9. The fourth-order valence-electron chi connectivity index (χ4n) is 3.86. The monoisotopic (exact) mass is 452 g/mol. The number of imidazole rings is 1. The van der Waals surface area contributed by atoms with E-state index in [9.17, 15) is 4.79 Å². The van der Waals surface area contributed by atoms with E-state index in [0.717, 1.165) is 46.7 Å². The van der Waals surface area contributed by atoms with E-state index in [4.69, 9.17) is 9.72 Å². The number of ether oxygens (including phenoxy) is 1. The highest BCUT2D eigenvalue weighted by Crippen LogP contribution is 2.32. The molecular formula is C28H24N2O2S. The number of thiazole rings is 1. The molecule has 0 aliphatic carbocycles. The third-order valence-electron chi connectivity index (χ3n) is 5.52. The van der Waals surface area contributed by atoms with Gasteiger partial charge in [-0.25, -0.2) is 9.38 Å². The van der Waals surface area contributed by atoms with Gasteiger partial charge in [-0.05, 0) is 18.6 Å². The molecule has 2 heterocycles. The first-order valence-corrected chi connectivity index (χ1v) is 12.0. The van der Waals surface area contributed by atoms with Crippen LogP contribution in [0.25, 0.3) is 33.6 Å². The highest BCUT2D eigenvalue weighted by atomic mass is 32.1. The Morgan fingerprint density at radius 2 is 1.58 bits per heavy atom. The lowest BCUT2D eigenvalue weighted by Gasteiger charge is -2.08. The van der Waals surface area contributed by atoms with E-state index in [0.29, 0.717) is 16.1 Å². The van der Waals surface area contributed by atoms with Crippen molar-refractivity contribution in [1.82, 2.24) is 9.38 Å². The molecule has 0 amide bonds. The molecule has 0 unspecified atom stereocenters. The minimum atomic E-state index is -0.0631. The number of rotatable bonds is 7. The van der Waals surface area contributed by atoms with Crippen LogP contribution in [0.2, 0.25) is 0 Å². The van der Waals surface area contributed by atoms with Gasteiger partial charge in [0.2, 0.25) is 0 Å². The predicted molar refractivity (Wildman–Crippen MR) is 136 cm³/mol. The smallest absolute Gasteiger partial charge is 0.274 e. The Labute approximate surface area is 196 Å². The second-order valence-electron chi connectivity index (χ2n) is 7.81. The van der Waals surface area contributed by atoms with E-state index in [1.165, 1.54) is 11.3 Å². The maximum absolute atomic E-state index is 13.6. The topological polar surface area (TPSA) is 43.6 Å². The molecule has 5 rings (SSSR count). The maximum Gasteiger partial charge on any atom is 0.274 e. The van der Waals surface area contributed by atoms with Crippen LogP contribution >= 0.6 is 11.3 Å². The van der Waals surface area contributed by atoms with Crippen molar-refractivity contribution in [3.05, 3.63) is 105 Å². The maximum atomic E-state index is 13.6. The van der Waals surface area contributed by atoms with Gasteiger partial charge in [0.25, 0.3) is 5.56 Å². The zero-order valence-corrected chi connectivity index (χ0v) is 19.2. The molecule has 0 fully saturated rings. The van der Waals surface area contributed by atoms with Gasteiger partial charge in [-0.2, -0.15) is 0 Å². The van der Waals surface area contributed by atoms with Crippen molar-refractivity contribution in [2.75, 3.05) is 6.61 Å². The second-order valence-corrected chi connectivity index (χ2v) is 8.82. The molecule has 0 aliphatic rings. The van der Waals surface area contributed by atoms with Crippen molar-refractivity contribution in [2.45, 2.75) is 19.8 Å². The van der Waals surface area contributed by atoms with Crippen LogP contribution in [0, 0.1) is 0 Å². The van der Waals surface area contributed by atoms with Crippen molar-refractivity contribution in [1.29, 1.82) is 0 Å². The van der Waals surface area contributed by atoms with E-state index in [1.54, 1.807) is 4.40 Å². The summed E-state index contributed by atoms with van der Waals surface area (Å²) in [7, 11) is 0. The Morgan fingerprint density at radius 1 is 0.909 bits per heavy atom. The van der Waals surface area contributed by atoms with Gasteiger partial charge >= 0.3 is 0 Å². The molecule has 0 radical (unpaired) electrons. The third kappa shape index (κ3) is 4.20. The van der Waals surface area contributed by atoms with Crippen molar-refractivity contribution in [2.24, 2.45) is 0 Å². The van der Waals surface area contributed by atoms with Crippen LogP contribution < -0.4 is 14.8 Å². The number of hydrogen-bond donors (Lipinski definition) is 0. The number of para-hydroxylation sites is 1. The van der Waals surface area contributed by atoms with Crippen LogP contribution in [-0.2, 0) is 0 Å². The number of hydrogen-bond acceptors (Lipinski definition) is 4. The highest BCUT2D eigenvalue weighted by molar-refractivity contribution is 7.15. The number of unbranched alkanes of at least 4 members (excludes halogenated alkanes) is 1. The van der Waals surface area contributed by atoms with Gasteiger partial charge in [-0.15, -0.1) is 0 Å². The van der Waals surface area contributed by atoms with E-state index in [1.807, 2.05) is 91.0 Å². The number of nitrogens with zero attached hydrogens (tertiary/aromatic N) is 2.